The predicted molar refractivity (Wildman–Crippen MR) is 68.0 cm³/mol. The lowest BCUT2D eigenvalue weighted by Crippen LogP contribution is -2.43. The van der Waals surface area contributed by atoms with E-state index in [9.17, 15) is 0 Å². The van der Waals surface area contributed by atoms with Gasteiger partial charge in [-0.15, -0.1) is 5.10 Å². The number of rotatable bonds is 3. The zero-order valence-electron chi connectivity index (χ0n) is 11.0. The Hall–Kier alpha value is -1.80. The second kappa shape index (κ2) is 4.95. The van der Waals surface area contributed by atoms with Crippen LogP contribution in [0.4, 0.5) is 0 Å². The summed E-state index contributed by atoms with van der Waals surface area (Å²) in [5.74, 6) is 1.53. The molecular formula is C12H16N6O2. The van der Waals surface area contributed by atoms with E-state index >= 15 is 0 Å². The Balaban J connectivity index is 1.53. The molecule has 0 saturated carbocycles. The van der Waals surface area contributed by atoms with E-state index < -0.39 is 0 Å². The first-order chi connectivity index (χ1) is 9.90. The molecule has 106 valence electrons. The zero-order chi connectivity index (χ0) is 13.4. The van der Waals surface area contributed by atoms with E-state index in [0.29, 0.717) is 23.5 Å². The molecule has 0 aliphatic carbocycles. The van der Waals surface area contributed by atoms with Gasteiger partial charge in [0.15, 0.2) is 11.5 Å². The number of ether oxygens (including phenoxy) is 1. The van der Waals surface area contributed by atoms with Gasteiger partial charge in [0.2, 0.25) is 0 Å². The van der Waals surface area contributed by atoms with Crippen molar-refractivity contribution >= 4 is 0 Å². The molecule has 4 rings (SSSR count). The summed E-state index contributed by atoms with van der Waals surface area (Å²) in [6.07, 6.45) is 3.76. The minimum Gasteiger partial charge on any atom is -0.381 e. The van der Waals surface area contributed by atoms with E-state index in [2.05, 4.69) is 25.8 Å². The Morgan fingerprint density at radius 3 is 2.85 bits per heavy atom. The number of hydrogen-bond acceptors (Lipinski definition) is 7. The maximum absolute atomic E-state index is 5.34. The Bertz CT molecular complexity index is 584. The largest absolute Gasteiger partial charge is 0.381 e. The number of aromatic nitrogens is 5. The van der Waals surface area contributed by atoms with Crippen LogP contribution in [0.25, 0.3) is 11.6 Å². The molecule has 8 nitrogen and oxygen atoms in total. The molecule has 0 aromatic carbocycles. The quantitative estimate of drug-likeness (QED) is 0.865. The fraction of sp³-hybridized carbons (Fsp3) is 0.667. The molecule has 0 amide bonds. The van der Waals surface area contributed by atoms with Crippen LogP contribution in [-0.2, 0) is 4.74 Å². The molecule has 20 heavy (non-hydrogen) atoms. The molecule has 0 bridgehead atoms. The summed E-state index contributed by atoms with van der Waals surface area (Å²) in [4.78, 5) is 4.46. The fourth-order valence-electron chi connectivity index (χ4n) is 2.47. The summed E-state index contributed by atoms with van der Waals surface area (Å²) in [5, 5.41) is 15.5. The van der Waals surface area contributed by atoms with E-state index in [-0.39, 0.29) is 0 Å². The third kappa shape index (κ3) is 2.10. The number of nitrogens with zero attached hydrogens (tertiary/aromatic N) is 5. The summed E-state index contributed by atoms with van der Waals surface area (Å²) in [7, 11) is 0. The highest BCUT2D eigenvalue weighted by molar-refractivity contribution is 5.43. The average molecular weight is 276 g/mol. The molecule has 2 saturated heterocycles. The van der Waals surface area contributed by atoms with Crippen LogP contribution in [0.5, 0.6) is 0 Å². The van der Waals surface area contributed by atoms with Crippen LogP contribution >= 0.6 is 0 Å². The van der Waals surface area contributed by atoms with Gasteiger partial charge in [0.25, 0.3) is 5.89 Å². The number of hydrogen-bond donors (Lipinski definition) is 1. The van der Waals surface area contributed by atoms with Crippen LogP contribution in [-0.4, -0.2) is 51.4 Å². The minimum atomic E-state index is 0.326. The molecule has 2 fully saturated rings. The van der Waals surface area contributed by atoms with Crippen LogP contribution in [0.2, 0.25) is 0 Å². The van der Waals surface area contributed by atoms with E-state index in [1.165, 1.54) is 0 Å². The molecule has 2 aromatic heterocycles. The Morgan fingerprint density at radius 1 is 1.25 bits per heavy atom. The maximum atomic E-state index is 5.34. The van der Waals surface area contributed by atoms with E-state index in [1.807, 2.05) is 10.9 Å². The van der Waals surface area contributed by atoms with Crippen molar-refractivity contribution < 1.29 is 9.26 Å². The van der Waals surface area contributed by atoms with Crippen LogP contribution in [0.15, 0.2) is 10.7 Å². The van der Waals surface area contributed by atoms with Crippen molar-refractivity contribution in [2.75, 3.05) is 26.3 Å². The normalized spacial score (nSPS) is 21.0. The lowest BCUT2D eigenvalue weighted by Gasteiger charge is -2.26. The van der Waals surface area contributed by atoms with Crippen LogP contribution < -0.4 is 5.32 Å². The van der Waals surface area contributed by atoms with Crippen LogP contribution in [0.1, 0.15) is 30.6 Å². The molecule has 0 unspecified atom stereocenters. The van der Waals surface area contributed by atoms with Crippen molar-refractivity contribution in [2.45, 2.75) is 24.8 Å². The molecule has 0 spiro atoms. The second-order valence-corrected chi connectivity index (χ2v) is 5.24. The van der Waals surface area contributed by atoms with Gasteiger partial charge in [-0.25, -0.2) is 4.68 Å². The molecular weight excluding hydrogens is 260 g/mol. The minimum absolute atomic E-state index is 0.326. The highest BCUT2D eigenvalue weighted by Crippen LogP contribution is 2.26. The van der Waals surface area contributed by atoms with Gasteiger partial charge in [0.1, 0.15) is 0 Å². The SMILES string of the molecule is c1c(-c2nc(C3CCOCC3)no2)nnn1C1CNC1. The summed E-state index contributed by atoms with van der Waals surface area (Å²) in [6.45, 7) is 3.39. The summed E-state index contributed by atoms with van der Waals surface area (Å²) in [5.41, 5.74) is 0.641. The van der Waals surface area contributed by atoms with E-state index in [0.717, 1.165) is 45.0 Å². The van der Waals surface area contributed by atoms with Crippen molar-refractivity contribution in [3.8, 4) is 11.6 Å². The van der Waals surface area contributed by atoms with Gasteiger partial charge in [-0.1, -0.05) is 10.4 Å². The molecule has 0 atom stereocenters. The predicted octanol–water partition coefficient (Wildman–Crippen LogP) is 0.366. The Morgan fingerprint density at radius 2 is 2.10 bits per heavy atom. The molecule has 8 heteroatoms. The first-order valence-corrected chi connectivity index (χ1v) is 6.94. The molecule has 2 aromatic rings. The lowest BCUT2D eigenvalue weighted by molar-refractivity contribution is 0.0830. The summed E-state index contributed by atoms with van der Waals surface area (Å²) in [6, 6.07) is 0.383. The lowest BCUT2D eigenvalue weighted by atomic mass is 10.00. The third-order valence-corrected chi connectivity index (χ3v) is 3.89. The van der Waals surface area contributed by atoms with Crippen LogP contribution in [0, 0.1) is 0 Å². The monoisotopic (exact) mass is 276 g/mol. The van der Waals surface area contributed by atoms with Crippen molar-refractivity contribution in [1.29, 1.82) is 0 Å². The summed E-state index contributed by atoms with van der Waals surface area (Å²) >= 11 is 0. The Kier molecular flexibility index (Phi) is 2.96. The van der Waals surface area contributed by atoms with Crippen molar-refractivity contribution in [3.63, 3.8) is 0 Å². The second-order valence-electron chi connectivity index (χ2n) is 5.24. The maximum Gasteiger partial charge on any atom is 0.280 e. The third-order valence-electron chi connectivity index (χ3n) is 3.89. The molecule has 2 aliphatic rings. The van der Waals surface area contributed by atoms with Gasteiger partial charge in [-0.3, -0.25) is 0 Å². The fourth-order valence-corrected chi connectivity index (χ4v) is 2.47. The Labute approximate surface area is 115 Å². The molecule has 4 heterocycles. The van der Waals surface area contributed by atoms with E-state index in [4.69, 9.17) is 9.26 Å². The van der Waals surface area contributed by atoms with Gasteiger partial charge >= 0.3 is 0 Å². The van der Waals surface area contributed by atoms with Gasteiger partial charge in [-0.05, 0) is 12.8 Å². The standard InChI is InChI=1S/C12H16N6O2/c1-3-19-4-2-8(1)11-14-12(20-16-11)10-7-18(17-15-10)9-5-13-6-9/h7-9,13H,1-6H2. The highest BCUT2D eigenvalue weighted by Gasteiger charge is 2.24. The van der Waals surface area contributed by atoms with E-state index in [1.54, 1.807) is 0 Å². The average Bonchev–Trinajstić information content (AvgIpc) is 3.06. The summed E-state index contributed by atoms with van der Waals surface area (Å²) < 4.78 is 12.5. The van der Waals surface area contributed by atoms with Crippen molar-refractivity contribution in [2.24, 2.45) is 0 Å². The molecule has 2 aliphatic heterocycles. The molecule has 0 radical (unpaired) electrons. The first kappa shape index (κ1) is 12.0. The molecule has 1 N–H and O–H groups in total. The topological polar surface area (TPSA) is 90.9 Å². The van der Waals surface area contributed by atoms with Gasteiger partial charge < -0.3 is 14.6 Å². The zero-order valence-corrected chi connectivity index (χ0v) is 11.0. The van der Waals surface area contributed by atoms with Crippen molar-refractivity contribution in [1.82, 2.24) is 30.5 Å². The van der Waals surface area contributed by atoms with Gasteiger partial charge in [0.05, 0.1) is 12.2 Å². The van der Waals surface area contributed by atoms with Gasteiger partial charge in [0, 0.05) is 32.2 Å². The first-order valence-electron chi connectivity index (χ1n) is 6.94. The number of nitrogens with one attached hydrogen (secondary N) is 1. The van der Waals surface area contributed by atoms with Gasteiger partial charge in [-0.2, -0.15) is 4.98 Å². The van der Waals surface area contributed by atoms with Crippen molar-refractivity contribution in [3.05, 3.63) is 12.0 Å². The van der Waals surface area contributed by atoms with Crippen LogP contribution in [0.3, 0.4) is 0 Å². The smallest absolute Gasteiger partial charge is 0.280 e. The highest BCUT2D eigenvalue weighted by atomic mass is 16.5.